The summed E-state index contributed by atoms with van der Waals surface area (Å²) in [6.07, 6.45) is 0.171. The summed E-state index contributed by atoms with van der Waals surface area (Å²) >= 11 is 0. The van der Waals surface area contributed by atoms with Gasteiger partial charge in [-0.2, -0.15) is 0 Å². The van der Waals surface area contributed by atoms with Crippen molar-refractivity contribution >= 4 is 18.3 Å². The van der Waals surface area contributed by atoms with Crippen molar-refractivity contribution in [2.75, 3.05) is 13.6 Å². The number of nitrogens with one attached hydrogen (secondary N) is 1. The van der Waals surface area contributed by atoms with Crippen LogP contribution in [0.4, 0.5) is 0 Å². The predicted octanol–water partition coefficient (Wildman–Crippen LogP) is -0.00220. The van der Waals surface area contributed by atoms with Gasteiger partial charge in [0, 0.05) is 19.6 Å². The molecule has 5 heteroatoms. The van der Waals surface area contributed by atoms with Crippen molar-refractivity contribution < 1.29 is 9.90 Å². The molecule has 1 aliphatic heterocycles. The number of amides is 1. The van der Waals surface area contributed by atoms with Crippen LogP contribution in [0.5, 0.6) is 0 Å². The number of likely N-dealkylation sites (N-methyl/N-ethyl adjacent to an activating group) is 1. The molecule has 0 aromatic carbocycles. The molecular formula is C9H19ClN2O2. The summed E-state index contributed by atoms with van der Waals surface area (Å²) in [6.45, 7) is 4.48. The highest BCUT2D eigenvalue weighted by Gasteiger charge is 2.30. The summed E-state index contributed by atoms with van der Waals surface area (Å²) in [5.74, 6) is 0.0755. The minimum atomic E-state index is -0.366. The first-order chi connectivity index (χ1) is 6.02. The number of carbonyl (C=O) groups excluding carboxylic acids is 1. The van der Waals surface area contributed by atoms with Crippen molar-refractivity contribution in [3.05, 3.63) is 0 Å². The Morgan fingerprint density at radius 2 is 2.14 bits per heavy atom. The van der Waals surface area contributed by atoms with Crippen molar-refractivity contribution in [1.29, 1.82) is 0 Å². The molecule has 0 aromatic heterocycles. The zero-order chi connectivity index (χ0) is 10.0. The van der Waals surface area contributed by atoms with Crippen LogP contribution in [0, 0.1) is 0 Å². The van der Waals surface area contributed by atoms with Gasteiger partial charge in [-0.3, -0.25) is 4.79 Å². The zero-order valence-corrected chi connectivity index (χ0v) is 9.67. The Morgan fingerprint density at radius 1 is 1.57 bits per heavy atom. The Hall–Kier alpha value is -0.320. The van der Waals surface area contributed by atoms with Gasteiger partial charge in [-0.25, -0.2) is 0 Å². The molecule has 0 unspecified atom stereocenters. The molecule has 1 aliphatic rings. The molecule has 0 aliphatic carbocycles. The summed E-state index contributed by atoms with van der Waals surface area (Å²) in [6, 6.07) is 0.0226. The van der Waals surface area contributed by atoms with Crippen LogP contribution in [-0.2, 0) is 4.79 Å². The summed E-state index contributed by atoms with van der Waals surface area (Å²) in [5, 5.41) is 12.2. The van der Waals surface area contributed by atoms with Gasteiger partial charge in [0.25, 0.3) is 0 Å². The molecule has 0 bridgehead atoms. The second-order valence-electron chi connectivity index (χ2n) is 3.89. The largest absolute Gasteiger partial charge is 0.392 e. The molecule has 2 atom stereocenters. The Morgan fingerprint density at radius 3 is 2.50 bits per heavy atom. The number of carbonyl (C=O) groups is 1. The Kier molecular flexibility index (Phi) is 5.41. The molecule has 0 saturated carbocycles. The van der Waals surface area contributed by atoms with Gasteiger partial charge in [-0.05, 0) is 20.3 Å². The van der Waals surface area contributed by atoms with Crippen LogP contribution in [0.15, 0.2) is 0 Å². The molecule has 0 radical (unpaired) electrons. The highest BCUT2D eigenvalue weighted by atomic mass is 35.5. The van der Waals surface area contributed by atoms with Crippen LogP contribution in [0.1, 0.15) is 20.3 Å². The fraction of sp³-hybridized carbons (Fsp3) is 0.889. The SMILES string of the molecule is CC(C)N(C)C(=O)[C@H]1C[C@H](O)CN1.Cl. The average Bonchev–Trinajstić information content (AvgIpc) is 2.49. The number of β-amino-alcohol motifs (C(OH)–C–C–N with tert-alkyl or cyclic N) is 1. The number of nitrogens with zero attached hydrogens (tertiary/aromatic N) is 1. The first-order valence-electron chi connectivity index (χ1n) is 4.70. The van der Waals surface area contributed by atoms with Gasteiger partial charge >= 0.3 is 0 Å². The van der Waals surface area contributed by atoms with Crippen LogP contribution < -0.4 is 5.32 Å². The van der Waals surface area contributed by atoms with Crippen molar-refractivity contribution in [2.45, 2.75) is 38.5 Å². The number of hydrogen-bond donors (Lipinski definition) is 2. The number of rotatable bonds is 2. The molecule has 2 N–H and O–H groups in total. The molecule has 1 amide bonds. The minimum Gasteiger partial charge on any atom is -0.392 e. The molecule has 1 rings (SSSR count). The normalized spacial score (nSPS) is 26.1. The second kappa shape index (κ2) is 5.53. The van der Waals surface area contributed by atoms with Gasteiger partial charge in [0.1, 0.15) is 0 Å². The van der Waals surface area contributed by atoms with E-state index in [0.29, 0.717) is 13.0 Å². The van der Waals surface area contributed by atoms with Crippen LogP contribution in [0.25, 0.3) is 0 Å². The summed E-state index contributed by atoms with van der Waals surface area (Å²) < 4.78 is 0. The van der Waals surface area contributed by atoms with E-state index in [1.165, 1.54) is 0 Å². The molecule has 1 fully saturated rings. The van der Waals surface area contributed by atoms with Gasteiger partial charge < -0.3 is 15.3 Å². The second-order valence-corrected chi connectivity index (χ2v) is 3.89. The number of halogens is 1. The van der Waals surface area contributed by atoms with Crippen molar-refractivity contribution in [3.63, 3.8) is 0 Å². The van der Waals surface area contributed by atoms with E-state index in [2.05, 4.69) is 5.32 Å². The summed E-state index contributed by atoms with van der Waals surface area (Å²) in [5.41, 5.74) is 0. The van der Waals surface area contributed by atoms with Crippen molar-refractivity contribution in [2.24, 2.45) is 0 Å². The maximum Gasteiger partial charge on any atom is 0.239 e. The molecule has 84 valence electrons. The fourth-order valence-electron chi connectivity index (χ4n) is 1.41. The van der Waals surface area contributed by atoms with Gasteiger partial charge in [0.2, 0.25) is 5.91 Å². The Balaban J connectivity index is 0.00000169. The van der Waals surface area contributed by atoms with E-state index < -0.39 is 0 Å². The predicted molar refractivity (Wildman–Crippen MR) is 57.6 cm³/mol. The summed E-state index contributed by atoms with van der Waals surface area (Å²) in [4.78, 5) is 13.4. The number of aliphatic hydroxyl groups excluding tert-OH is 1. The summed E-state index contributed by atoms with van der Waals surface area (Å²) in [7, 11) is 1.79. The van der Waals surface area contributed by atoms with Crippen molar-refractivity contribution in [3.8, 4) is 0 Å². The van der Waals surface area contributed by atoms with Crippen LogP contribution in [0.3, 0.4) is 0 Å². The third-order valence-corrected chi connectivity index (χ3v) is 2.53. The molecule has 0 spiro atoms. The third-order valence-electron chi connectivity index (χ3n) is 2.53. The van der Waals surface area contributed by atoms with E-state index in [1.54, 1.807) is 11.9 Å². The minimum absolute atomic E-state index is 0. The highest BCUT2D eigenvalue weighted by molar-refractivity contribution is 5.85. The van der Waals surface area contributed by atoms with Gasteiger partial charge in [0.15, 0.2) is 0 Å². The van der Waals surface area contributed by atoms with E-state index in [-0.39, 0.29) is 36.5 Å². The molecule has 4 nitrogen and oxygen atoms in total. The maximum absolute atomic E-state index is 11.7. The molecule has 1 heterocycles. The van der Waals surface area contributed by atoms with E-state index in [1.807, 2.05) is 13.8 Å². The lowest BCUT2D eigenvalue weighted by Gasteiger charge is -2.24. The Bertz CT molecular complexity index is 199. The van der Waals surface area contributed by atoms with Crippen LogP contribution in [-0.4, -0.2) is 47.7 Å². The van der Waals surface area contributed by atoms with E-state index in [4.69, 9.17) is 0 Å². The first-order valence-corrected chi connectivity index (χ1v) is 4.70. The number of aliphatic hydroxyl groups is 1. The van der Waals surface area contributed by atoms with Crippen molar-refractivity contribution in [1.82, 2.24) is 10.2 Å². The van der Waals surface area contributed by atoms with Gasteiger partial charge in [-0.1, -0.05) is 0 Å². The topological polar surface area (TPSA) is 52.6 Å². The molecular weight excluding hydrogens is 204 g/mol. The lowest BCUT2D eigenvalue weighted by atomic mass is 10.1. The third kappa shape index (κ3) is 3.12. The fourth-order valence-corrected chi connectivity index (χ4v) is 1.41. The first kappa shape index (κ1) is 13.7. The Labute approximate surface area is 91.1 Å². The standard InChI is InChI=1S/C9H18N2O2.ClH/c1-6(2)11(3)9(13)8-4-7(12)5-10-8;/h6-8,10,12H,4-5H2,1-3H3;1H/t7-,8+;/m0./s1. The molecule has 14 heavy (non-hydrogen) atoms. The monoisotopic (exact) mass is 222 g/mol. The highest BCUT2D eigenvalue weighted by Crippen LogP contribution is 2.10. The smallest absolute Gasteiger partial charge is 0.239 e. The number of hydrogen-bond acceptors (Lipinski definition) is 3. The van der Waals surface area contributed by atoms with Gasteiger partial charge in [-0.15, -0.1) is 12.4 Å². The zero-order valence-electron chi connectivity index (χ0n) is 8.86. The van der Waals surface area contributed by atoms with E-state index >= 15 is 0 Å². The molecule has 0 aromatic rings. The lowest BCUT2D eigenvalue weighted by Crippen LogP contribution is -2.44. The quantitative estimate of drug-likeness (QED) is 0.692. The molecule has 1 saturated heterocycles. The van der Waals surface area contributed by atoms with E-state index in [9.17, 15) is 9.90 Å². The van der Waals surface area contributed by atoms with E-state index in [0.717, 1.165) is 0 Å². The van der Waals surface area contributed by atoms with Crippen LogP contribution in [0.2, 0.25) is 0 Å². The van der Waals surface area contributed by atoms with Gasteiger partial charge in [0.05, 0.1) is 12.1 Å². The van der Waals surface area contributed by atoms with Crippen LogP contribution >= 0.6 is 12.4 Å². The lowest BCUT2D eigenvalue weighted by molar-refractivity contribution is -0.133. The average molecular weight is 223 g/mol. The maximum atomic E-state index is 11.7.